The molecule has 2 rings (SSSR count). The molecule has 0 saturated carbocycles. The second-order valence-corrected chi connectivity index (χ2v) is 5.38. The van der Waals surface area contributed by atoms with Crippen molar-refractivity contribution in [2.75, 3.05) is 19.5 Å². The molecular formula is C16H16FNO7. The minimum atomic E-state index is -1.36. The maximum Gasteiger partial charge on any atom is 0.350 e. The number of hydrogen-bond acceptors (Lipinski definition) is 8. The summed E-state index contributed by atoms with van der Waals surface area (Å²) in [6.45, 7) is 2.83. The molecule has 1 aliphatic heterocycles. The lowest BCUT2D eigenvalue weighted by Gasteiger charge is -2.29. The molecule has 1 aliphatic rings. The third kappa shape index (κ3) is 3.70. The van der Waals surface area contributed by atoms with Crippen molar-refractivity contribution in [3.63, 3.8) is 0 Å². The van der Waals surface area contributed by atoms with E-state index in [1.165, 1.54) is 27.0 Å². The zero-order valence-electron chi connectivity index (χ0n) is 14.0. The fraction of sp³-hybridized carbons (Fsp3) is 0.312. The van der Waals surface area contributed by atoms with Crippen molar-refractivity contribution in [1.29, 1.82) is 0 Å². The number of esters is 3. The molecule has 0 bridgehead atoms. The molecular weight excluding hydrogens is 337 g/mol. The molecule has 1 aromatic carbocycles. The highest BCUT2D eigenvalue weighted by Crippen LogP contribution is 2.32. The standard InChI is InChI=1S/C16H16FNO7/c1-16(2)24-13(19)8(14(20)25-16)7-18-10-6-5-9(17)11(12(10)22-3)15(21)23-4/h5-7,18H,1-4H3. The van der Waals surface area contributed by atoms with Crippen LogP contribution in [0, 0.1) is 5.82 Å². The average molecular weight is 353 g/mol. The highest BCUT2D eigenvalue weighted by Gasteiger charge is 2.39. The maximum atomic E-state index is 13.9. The Morgan fingerprint density at radius 1 is 1.20 bits per heavy atom. The summed E-state index contributed by atoms with van der Waals surface area (Å²) in [6, 6.07) is 2.28. The predicted octanol–water partition coefficient (Wildman–Crippen LogP) is 1.75. The van der Waals surface area contributed by atoms with Crippen molar-refractivity contribution in [3.8, 4) is 5.75 Å². The van der Waals surface area contributed by atoms with E-state index < -0.39 is 40.6 Å². The van der Waals surface area contributed by atoms with E-state index in [0.29, 0.717) is 0 Å². The maximum absolute atomic E-state index is 13.9. The second kappa shape index (κ2) is 6.80. The van der Waals surface area contributed by atoms with Crippen molar-refractivity contribution in [2.24, 2.45) is 0 Å². The van der Waals surface area contributed by atoms with Gasteiger partial charge in [0, 0.05) is 20.0 Å². The van der Waals surface area contributed by atoms with Crippen molar-refractivity contribution < 1.29 is 37.7 Å². The minimum Gasteiger partial charge on any atom is -0.494 e. The first-order chi connectivity index (χ1) is 11.7. The van der Waals surface area contributed by atoms with Gasteiger partial charge in [-0.15, -0.1) is 0 Å². The normalized spacial score (nSPS) is 15.8. The van der Waals surface area contributed by atoms with E-state index >= 15 is 0 Å². The number of rotatable bonds is 4. The van der Waals surface area contributed by atoms with E-state index in [2.05, 4.69) is 10.1 Å². The molecule has 134 valence electrons. The summed E-state index contributed by atoms with van der Waals surface area (Å²) in [5, 5.41) is 2.61. The van der Waals surface area contributed by atoms with Crippen molar-refractivity contribution in [1.82, 2.24) is 0 Å². The van der Waals surface area contributed by atoms with Gasteiger partial charge in [0.2, 0.25) is 0 Å². The number of nitrogens with one attached hydrogen (secondary N) is 1. The van der Waals surface area contributed by atoms with Gasteiger partial charge in [-0.2, -0.15) is 0 Å². The van der Waals surface area contributed by atoms with Crippen molar-refractivity contribution in [2.45, 2.75) is 19.6 Å². The first-order valence-electron chi connectivity index (χ1n) is 7.08. The lowest BCUT2D eigenvalue weighted by molar-refractivity contribution is -0.222. The van der Waals surface area contributed by atoms with Gasteiger partial charge in [0.05, 0.1) is 19.9 Å². The molecule has 0 amide bonds. The SMILES string of the molecule is COC(=O)c1c(F)ccc(NC=C2C(=O)OC(C)(C)OC2=O)c1OC. The summed E-state index contributed by atoms with van der Waals surface area (Å²) >= 11 is 0. The summed E-state index contributed by atoms with van der Waals surface area (Å²) in [5.74, 6) is -5.08. The largest absolute Gasteiger partial charge is 0.494 e. The van der Waals surface area contributed by atoms with Crippen LogP contribution in [0.25, 0.3) is 0 Å². The molecule has 1 saturated heterocycles. The number of benzene rings is 1. The molecule has 1 aromatic rings. The highest BCUT2D eigenvalue weighted by molar-refractivity contribution is 6.15. The fourth-order valence-corrected chi connectivity index (χ4v) is 2.10. The van der Waals surface area contributed by atoms with Crippen LogP contribution in [-0.4, -0.2) is 37.9 Å². The molecule has 1 heterocycles. The number of carbonyl (C=O) groups is 3. The summed E-state index contributed by atoms with van der Waals surface area (Å²) in [6.07, 6.45) is 1.02. The van der Waals surface area contributed by atoms with Gasteiger partial charge in [-0.3, -0.25) is 0 Å². The number of carbonyl (C=O) groups excluding carboxylic acids is 3. The quantitative estimate of drug-likeness (QED) is 0.496. The Hall–Kier alpha value is -3.10. The average Bonchev–Trinajstić information content (AvgIpc) is 2.52. The number of hydrogen-bond donors (Lipinski definition) is 1. The van der Waals surface area contributed by atoms with Gasteiger partial charge in [-0.25, -0.2) is 18.8 Å². The molecule has 25 heavy (non-hydrogen) atoms. The molecule has 0 aliphatic carbocycles. The molecule has 0 radical (unpaired) electrons. The molecule has 1 N–H and O–H groups in total. The summed E-state index contributed by atoms with van der Waals surface area (Å²) in [5.41, 5.74) is -0.698. The third-order valence-corrected chi connectivity index (χ3v) is 3.19. The molecule has 0 unspecified atom stereocenters. The third-order valence-electron chi connectivity index (χ3n) is 3.19. The van der Waals surface area contributed by atoms with E-state index in [4.69, 9.17) is 14.2 Å². The lowest BCUT2D eigenvalue weighted by atomic mass is 10.1. The Labute approximate surface area is 142 Å². The molecule has 1 fully saturated rings. The number of halogens is 1. The summed E-state index contributed by atoms with van der Waals surface area (Å²) < 4.78 is 33.3. The van der Waals surface area contributed by atoms with E-state index in [0.717, 1.165) is 19.4 Å². The number of ether oxygens (including phenoxy) is 4. The zero-order chi connectivity index (χ0) is 18.8. The Kier molecular flexibility index (Phi) is 4.96. The summed E-state index contributed by atoms with van der Waals surface area (Å²) in [7, 11) is 2.32. The molecule has 8 nitrogen and oxygen atoms in total. The predicted molar refractivity (Wildman–Crippen MR) is 82.3 cm³/mol. The minimum absolute atomic E-state index is 0.127. The highest BCUT2D eigenvalue weighted by atomic mass is 19.1. The fourth-order valence-electron chi connectivity index (χ4n) is 2.10. The lowest BCUT2D eigenvalue weighted by Crippen LogP contribution is -2.42. The monoisotopic (exact) mass is 353 g/mol. The van der Waals surface area contributed by atoms with E-state index in [9.17, 15) is 18.8 Å². The van der Waals surface area contributed by atoms with Crippen LogP contribution in [0.1, 0.15) is 24.2 Å². The van der Waals surface area contributed by atoms with Gasteiger partial charge in [0.1, 0.15) is 11.4 Å². The molecule has 0 spiro atoms. The van der Waals surface area contributed by atoms with Gasteiger partial charge in [-0.05, 0) is 12.1 Å². The summed E-state index contributed by atoms with van der Waals surface area (Å²) in [4.78, 5) is 35.5. The number of methoxy groups -OCH3 is 2. The smallest absolute Gasteiger partial charge is 0.350 e. The first-order valence-corrected chi connectivity index (χ1v) is 7.08. The topological polar surface area (TPSA) is 100 Å². The zero-order valence-corrected chi connectivity index (χ0v) is 14.0. The number of cyclic esters (lactones) is 2. The van der Waals surface area contributed by atoms with Crippen LogP contribution in [0.15, 0.2) is 23.9 Å². The van der Waals surface area contributed by atoms with Gasteiger partial charge in [0.15, 0.2) is 11.3 Å². The van der Waals surface area contributed by atoms with Crippen LogP contribution >= 0.6 is 0 Å². The molecule has 0 aromatic heterocycles. The molecule has 0 atom stereocenters. The van der Waals surface area contributed by atoms with Crippen molar-refractivity contribution >= 4 is 23.6 Å². The Morgan fingerprint density at radius 2 is 1.80 bits per heavy atom. The molecule has 9 heteroatoms. The van der Waals surface area contributed by atoms with Crippen molar-refractivity contribution in [3.05, 3.63) is 35.3 Å². The number of anilines is 1. The van der Waals surface area contributed by atoms with Gasteiger partial charge >= 0.3 is 17.9 Å². The van der Waals surface area contributed by atoms with Crippen LogP contribution in [0.5, 0.6) is 5.75 Å². The van der Waals surface area contributed by atoms with Crippen LogP contribution in [0.3, 0.4) is 0 Å². The Morgan fingerprint density at radius 3 is 2.32 bits per heavy atom. The van der Waals surface area contributed by atoms with Gasteiger partial charge < -0.3 is 24.3 Å². The Bertz CT molecular complexity index is 748. The van der Waals surface area contributed by atoms with E-state index in [1.807, 2.05) is 0 Å². The second-order valence-electron chi connectivity index (χ2n) is 5.38. The van der Waals surface area contributed by atoms with E-state index in [-0.39, 0.29) is 11.4 Å². The Balaban J connectivity index is 2.37. The van der Waals surface area contributed by atoms with Crippen LogP contribution in [0.4, 0.5) is 10.1 Å². The van der Waals surface area contributed by atoms with Gasteiger partial charge in [0.25, 0.3) is 5.79 Å². The van der Waals surface area contributed by atoms with Crippen LogP contribution < -0.4 is 10.1 Å². The first kappa shape index (κ1) is 18.2. The van der Waals surface area contributed by atoms with Crippen LogP contribution in [-0.2, 0) is 23.8 Å². The van der Waals surface area contributed by atoms with Crippen LogP contribution in [0.2, 0.25) is 0 Å². The van der Waals surface area contributed by atoms with Gasteiger partial charge in [-0.1, -0.05) is 0 Å². The van der Waals surface area contributed by atoms with E-state index in [1.54, 1.807) is 0 Å².